The van der Waals surface area contributed by atoms with Gasteiger partial charge in [0.1, 0.15) is 0 Å². The Balaban J connectivity index is 0.00000144. The summed E-state index contributed by atoms with van der Waals surface area (Å²) in [5, 5.41) is 0. The third-order valence-corrected chi connectivity index (χ3v) is 2.89. The number of aliphatic imine (C=N–C) groups is 1. The van der Waals surface area contributed by atoms with E-state index in [1.165, 1.54) is 4.90 Å². The molecule has 0 saturated heterocycles. The van der Waals surface area contributed by atoms with Crippen molar-refractivity contribution in [3.05, 3.63) is 54.4 Å². The minimum absolute atomic E-state index is 0. The van der Waals surface area contributed by atoms with Gasteiger partial charge in [-0.05, 0) is 30.5 Å². The molecule has 5 heteroatoms. The fourth-order valence-corrected chi connectivity index (χ4v) is 1.87. The van der Waals surface area contributed by atoms with Crippen molar-refractivity contribution >= 4 is 23.7 Å². The number of hydrogen-bond donors (Lipinski definition) is 0. The SMILES string of the molecule is CSc1ccccc1/N=C/c1ccccn1.[Br-].[Cu+]. The smallest absolute Gasteiger partial charge is 1.00 e. The van der Waals surface area contributed by atoms with Crippen LogP contribution in [-0.2, 0) is 17.1 Å². The van der Waals surface area contributed by atoms with Crippen LogP contribution in [0.4, 0.5) is 5.69 Å². The number of thioether (sulfide) groups is 1. The predicted molar refractivity (Wildman–Crippen MR) is 69.7 cm³/mol. The molecule has 2 nitrogen and oxygen atoms in total. The Morgan fingerprint density at radius 1 is 1.11 bits per heavy atom. The summed E-state index contributed by atoms with van der Waals surface area (Å²) in [7, 11) is 0. The molecular weight excluding hydrogens is 360 g/mol. The van der Waals surface area contributed by atoms with Crippen molar-refractivity contribution in [1.82, 2.24) is 4.98 Å². The van der Waals surface area contributed by atoms with Gasteiger partial charge >= 0.3 is 17.1 Å². The summed E-state index contributed by atoms with van der Waals surface area (Å²) in [6.07, 6.45) is 5.60. The Labute approximate surface area is 133 Å². The van der Waals surface area contributed by atoms with Gasteiger partial charge in [-0.1, -0.05) is 18.2 Å². The Kier molecular flexibility index (Phi) is 9.02. The summed E-state index contributed by atoms with van der Waals surface area (Å²) >= 11 is 1.70. The first-order valence-electron chi connectivity index (χ1n) is 4.98. The fourth-order valence-electron chi connectivity index (χ4n) is 1.32. The molecule has 1 aromatic heterocycles. The van der Waals surface area contributed by atoms with E-state index >= 15 is 0 Å². The minimum Gasteiger partial charge on any atom is -1.00 e. The van der Waals surface area contributed by atoms with E-state index in [0.29, 0.717) is 0 Å². The molecule has 0 spiro atoms. The molecule has 2 aromatic rings. The van der Waals surface area contributed by atoms with Crippen LogP contribution in [-0.4, -0.2) is 17.5 Å². The maximum atomic E-state index is 4.44. The normalized spacial score (nSPS) is 9.61. The predicted octanol–water partition coefficient (Wildman–Crippen LogP) is 0.556. The standard InChI is InChI=1S/C13H12N2S.BrH.Cu/c1-16-13-8-3-2-7-12(13)15-10-11-6-4-5-9-14-11;;/h2-10H,1H3;1H;/q;;+1/p-1/b15-10+;;. The van der Waals surface area contributed by atoms with E-state index in [-0.39, 0.29) is 34.1 Å². The molecule has 0 aliphatic heterocycles. The number of rotatable bonds is 3. The second-order valence-corrected chi connectivity index (χ2v) is 4.03. The molecule has 0 unspecified atom stereocenters. The minimum atomic E-state index is 0. The van der Waals surface area contributed by atoms with Crippen LogP contribution in [0, 0.1) is 0 Å². The van der Waals surface area contributed by atoms with Crippen LogP contribution in [0.25, 0.3) is 0 Å². The number of nitrogens with zero attached hydrogens (tertiary/aromatic N) is 2. The van der Waals surface area contributed by atoms with E-state index in [0.717, 1.165) is 11.4 Å². The first kappa shape index (κ1) is 17.4. The Hall–Kier alpha value is -0.611. The van der Waals surface area contributed by atoms with E-state index in [2.05, 4.69) is 22.3 Å². The van der Waals surface area contributed by atoms with Gasteiger partial charge in [0.25, 0.3) is 0 Å². The van der Waals surface area contributed by atoms with Crippen molar-refractivity contribution in [2.45, 2.75) is 4.90 Å². The van der Waals surface area contributed by atoms with Crippen molar-refractivity contribution in [3.63, 3.8) is 0 Å². The van der Waals surface area contributed by atoms with Crippen molar-refractivity contribution in [2.24, 2.45) is 4.99 Å². The van der Waals surface area contributed by atoms with Crippen molar-refractivity contribution in [3.8, 4) is 0 Å². The molecule has 0 fully saturated rings. The van der Waals surface area contributed by atoms with Crippen molar-refractivity contribution < 1.29 is 34.1 Å². The van der Waals surface area contributed by atoms with Gasteiger partial charge < -0.3 is 17.0 Å². The molecule has 1 aromatic carbocycles. The topological polar surface area (TPSA) is 25.2 Å². The average molecular weight is 372 g/mol. The van der Waals surface area contributed by atoms with Gasteiger partial charge in [0.05, 0.1) is 17.6 Å². The van der Waals surface area contributed by atoms with Gasteiger partial charge in [0.2, 0.25) is 0 Å². The van der Waals surface area contributed by atoms with Gasteiger partial charge in [-0.25, -0.2) is 0 Å². The monoisotopic (exact) mass is 370 g/mol. The fraction of sp³-hybridized carbons (Fsp3) is 0.0769. The van der Waals surface area contributed by atoms with E-state index in [4.69, 9.17) is 0 Å². The number of hydrogen-bond acceptors (Lipinski definition) is 3. The summed E-state index contributed by atoms with van der Waals surface area (Å²) in [6.45, 7) is 0. The van der Waals surface area contributed by atoms with Crippen LogP contribution in [0.3, 0.4) is 0 Å². The molecule has 0 aliphatic rings. The zero-order valence-corrected chi connectivity index (χ0v) is 13.0. The van der Waals surface area contributed by atoms with Crippen LogP contribution in [0.2, 0.25) is 0 Å². The first-order chi connectivity index (χ1) is 7.90. The van der Waals surface area contributed by atoms with E-state index in [1.54, 1.807) is 24.2 Å². The summed E-state index contributed by atoms with van der Waals surface area (Å²) in [4.78, 5) is 9.81. The Bertz CT molecular complexity index is 491. The Morgan fingerprint density at radius 3 is 2.50 bits per heavy atom. The number of benzene rings is 1. The molecule has 1 heterocycles. The molecule has 0 amide bonds. The van der Waals surface area contributed by atoms with Gasteiger partial charge in [0, 0.05) is 11.1 Å². The zero-order valence-electron chi connectivity index (χ0n) is 9.68. The van der Waals surface area contributed by atoms with Crippen LogP contribution < -0.4 is 17.0 Å². The maximum absolute atomic E-state index is 4.44. The number of pyridine rings is 1. The molecule has 0 atom stereocenters. The zero-order chi connectivity index (χ0) is 11.2. The van der Waals surface area contributed by atoms with Crippen molar-refractivity contribution in [1.29, 1.82) is 0 Å². The van der Waals surface area contributed by atoms with Crippen LogP contribution in [0.15, 0.2) is 58.5 Å². The van der Waals surface area contributed by atoms with Gasteiger partial charge in [-0.2, -0.15) is 0 Å². The maximum Gasteiger partial charge on any atom is 1.00 e. The number of aromatic nitrogens is 1. The van der Waals surface area contributed by atoms with E-state index in [9.17, 15) is 0 Å². The number of para-hydroxylation sites is 1. The van der Waals surface area contributed by atoms with E-state index < -0.39 is 0 Å². The second-order valence-electron chi connectivity index (χ2n) is 3.18. The van der Waals surface area contributed by atoms with Gasteiger partial charge in [0.15, 0.2) is 0 Å². The third-order valence-electron chi connectivity index (χ3n) is 2.11. The first-order valence-corrected chi connectivity index (χ1v) is 6.21. The van der Waals surface area contributed by atoms with Crippen LogP contribution in [0.5, 0.6) is 0 Å². The molecule has 18 heavy (non-hydrogen) atoms. The number of halogens is 1. The summed E-state index contributed by atoms with van der Waals surface area (Å²) in [5.41, 5.74) is 1.86. The summed E-state index contributed by atoms with van der Waals surface area (Å²) in [6, 6.07) is 13.9. The quantitative estimate of drug-likeness (QED) is 0.447. The average Bonchev–Trinajstić information content (AvgIpc) is 2.38. The molecule has 0 N–H and O–H groups in total. The van der Waals surface area contributed by atoms with E-state index in [1.807, 2.05) is 36.4 Å². The van der Waals surface area contributed by atoms with Crippen molar-refractivity contribution in [2.75, 3.05) is 6.26 Å². The second kappa shape index (κ2) is 9.34. The molecule has 2 rings (SSSR count). The van der Waals surface area contributed by atoms with Crippen LogP contribution in [0.1, 0.15) is 5.69 Å². The van der Waals surface area contributed by atoms with Gasteiger partial charge in [-0.15, -0.1) is 11.8 Å². The molecule has 98 valence electrons. The molecule has 0 saturated carbocycles. The Morgan fingerprint density at radius 2 is 1.83 bits per heavy atom. The summed E-state index contributed by atoms with van der Waals surface area (Å²) in [5.74, 6) is 0. The molecular formula is C13H12BrCuN2S. The molecule has 0 radical (unpaired) electrons. The molecule has 0 bridgehead atoms. The largest absolute Gasteiger partial charge is 1.00 e. The third kappa shape index (κ3) is 4.94. The van der Waals surface area contributed by atoms with Gasteiger partial charge in [-0.3, -0.25) is 9.98 Å². The summed E-state index contributed by atoms with van der Waals surface area (Å²) < 4.78 is 0. The van der Waals surface area contributed by atoms with Crippen LogP contribution >= 0.6 is 11.8 Å². The molecule has 0 aliphatic carbocycles.